The van der Waals surface area contributed by atoms with Crippen LogP contribution in [-0.4, -0.2) is 53.8 Å². The lowest BCUT2D eigenvalue weighted by atomic mass is 9.81. The van der Waals surface area contributed by atoms with Crippen molar-refractivity contribution in [1.82, 2.24) is 0 Å². The van der Waals surface area contributed by atoms with Gasteiger partial charge in [0.05, 0.1) is 16.6 Å². The third kappa shape index (κ3) is 8.44. The molecule has 9 heteroatoms. The zero-order valence-corrected chi connectivity index (χ0v) is 28.0. The molecule has 0 spiro atoms. The van der Waals surface area contributed by atoms with E-state index in [-0.39, 0.29) is 23.5 Å². The van der Waals surface area contributed by atoms with Crippen LogP contribution in [0.1, 0.15) is 96.6 Å². The number of benzene rings is 2. The number of aromatic hydroxyl groups is 1. The van der Waals surface area contributed by atoms with Crippen LogP contribution in [0.25, 0.3) is 17.0 Å². The molecule has 0 fully saturated rings. The molecule has 2 aromatic carbocycles. The molecular formula is C36H49N2O6S+. The highest BCUT2D eigenvalue weighted by Crippen LogP contribution is 2.40. The Balaban J connectivity index is 1.66. The summed E-state index contributed by atoms with van der Waals surface area (Å²) in [6.45, 7) is 10.8. The predicted molar refractivity (Wildman–Crippen MR) is 184 cm³/mol. The molecule has 1 aromatic heterocycles. The molecule has 8 nitrogen and oxygen atoms in total. The quantitative estimate of drug-likeness (QED) is 0.0672. The monoisotopic (exact) mass is 637 g/mol. The van der Waals surface area contributed by atoms with Gasteiger partial charge in [0.15, 0.2) is 5.71 Å². The summed E-state index contributed by atoms with van der Waals surface area (Å²) in [6.07, 6.45) is 13.0. The Kier molecular flexibility index (Phi) is 11.7. The van der Waals surface area contributed by atoms with Gasteiger partial charge in [-0.25, -0.2) is 4.79 Å². The zero-order chi connectivity index (χ0) is 32.6. The molecule has 0 bridgehead atoms. The van der Waals surface area contributed by atoms with Gasteiger partial charge in [-0.2, -0.15) is 13.0 Å². The fourth-order valence-electron chi connectivity index (χ4n) is 6.31. The van der Waals surface area contributed by atoms with E-state index in [1.165, 1.54) is 38.5 Å². The smallest absolute Gasteiger partial charge is 0.347 e. The molecular weight excluding hydrogens is 588 g/mol. The second kappa shape index (κ2) is 15.2. The largest absolute Gasteiger partial charge is 0.506 e. The maximum Gasteiger partial charge on any atom is 0.347 e. The third-order valence-electron chi connectivity index (χ3n) is 8.82. The Hall–Kier alpha value is -3.43. The average Bonchev–Trinajstić information content (AvgIpc) is 3.21. The van der Waals surface area contributed by atoms with Gasteiger partial charge < -0.3 is 14.4 Å². The second-order valence-corrected chi connectivity index (χ2v) is 14.2. The molecule has 0 aliphatic carbocycles. The fourth-order valence-corrected chi connectivity index (χ4v) is 6.80. The zero-order valence-electron chi connectivity index (χ0n) is 27.2. The van der Waals surface area contributed by atoms with Crippen LogP contribution in [0.5, 0.6) is 5.75 Å². The van der Waals surface area contributed by atoms with Gasteiger partial charge in [-0.15, -0.1) is 0 Å². The number of hydrogen-bond acceptors (Lipinski definition) is 6. The Morgan fingerprint density at radius 3 is 2.22 bits per heavy atom. The minimum Gasteiger partial charge on any atom is -0.506 e. The summed E-state index contributed by atoms with van der Waals surface area (Å²) in [4.78, 5) is 15.6. The van der Waals surface area contributed by atoms with Crippen LogP contribution in [0, 0.1) is 0 Å². The second-order valence-electron chi connectivity index (χ2n) is 12.6. The maximum atomic E-state index is 13.3. The van der Waals surface area contributed by atoms with Crippen LogP contribution in [-0.2, 0) is 15.5 Å². The van der Waals surface area contributed by atoms with Gasteiger partial charge in [-0.05, 0) is 44.9 Å². The highest BCUT2D eigenvalue weighted by molar-refractivity contribution is 7.85. The van der Waals surface area contributed by atoms with E-state index in [2.05, 4.69) is 32.6 Å². The summed E-state index contributed by atoms with van der Waals surface area (Å²) in [5, 5.41) is 11.8. The van der Waals surface area contributed by atoms with Crippen molar-refractivity contribution < 1.29 is 27.1 Å². The normalized spacial score (nSPS) is 14.5. The molecule has 3 aromatic rings. The first-order valence-corrected chi connectivity index (χ1v) is 18.0. The van der Waals surface area contributed by atoms with Crippen molar-refractivity contribution >= 4 is 44.2 Å². The van der Waals surface area contributed by atoms with Crippen LogP contribution in [0.3, 0.4) is 0 Å². The number of unbranched alkanes of at least 4 members (excludes halogenated alkanes) is 6. The fraction of sp³-hybridized carbons (Fsp3) is 0.500. The molecule has 1 aliphatic rings. The summed E-state index contributed by atoms with van der Waals surface area (Å²) in [6, 6.07) is 13.6. The number of hydrogen-bond donors (Lipinski definition) is 2. The SMILES string of the molecule is CCCCCCN(CCCCCC)c1ccc2c(O)c(/C=C/C3=[N+](CCCS(=O)(=O)O)c4ccccc4C3(C)C)c(=O)oc2c1. The highest BCUT2D eigenvalue weighted by Gasteiger charge is 2.44. The molecule has 0 saturated carbocycles. The number of allylic oxidation sites excluding steroid dienone is 1. The molecule has 4 rings (SSSR count). The molecule has 1 aliphatic heterocycles. The van der Waals surface area contributed by atoms with Crippen molar-refractivity contribution in [1.29, 1.82) is 0 Å². The lowest BCUT2D eigenvalue weighted by Gasteiger charge is -2.25. The van der Waals surface area contributed by atoms with Crippen LogP contribution in [0.15, 0.2) is 57.8 Å². The molecule has 0 unspecified atom stereocenters. The predicted octanol–water partition coefficient (Wildman–Crippen LogP) is 7.83. The van der Waals surface area contributed by atoms with Crippen LogP contribution < -0.4 is 10.5 Å². The first kappa shape index (κ1) is 34.4. The van der Waals surface area contributed by atoms with Gasteiger partial charge in [0.1, 0.15) is 23.4 Å². The Labute approximate surface area is 267 Å². The number of para-hydroxylation sites is 1. The maximum absolute atomic E-state index is 13.3. The van der Waals surface area contributed by atoms with Crippen molar-refractivity contribution in [2.75, 3.05) is 30.3 Å². The minimum absolute atomic E-state index is 0.0587. The topological polar surface area (TPSA) is 111 Å². The van der Waals surface area contributed by atoms with Crippen molar-refractivity contribution in [2.45, 2.75) is 90.9 Å². The van der Waals surface area contributed by atoms with E-state index >= 15 is 0 Å². The molecule has 0 amide bonds. The molecule has 0 radical (unpaired) electrons. The van der Waals surface area contributed by atoms with E-state index in [0.29, 0.717) is 17.5 Å². The minimum atomic E-state index is -4.09. The van der Waals surface area contributed by atoms with E-state index in [1.54, 1.807) is 12.2 Å². The van der Waals surface area contributed by atoms with Crippen molar-refractivity contribution in [3.8, 4) is 5.75 Å². The average molecular weight is 638 g/mol. The lowest BCUT2D eigenvalue weighted by Crippen LogP contribution is -2.28. The van der Waals surface area contributed by atoms with Gasteiger partial charge in [0.25, 0.3) is 10.1 Å². The summed E-state index contributed by atoms with van der Waals surface area (Å²) in [5.41, 5.74) is 3.16. The number of nitrogens with zero attached hydrogens (tertiary/aromatic N) is 2. The Morgan fingerprint density at radius 2 is 1.58 bits per heavy atom. The van der Waals surface area contributed by atoms with Gasteiger partial charge in [0, 0.05) is 49.0 Å². The first-order chi connectivity index (χ1) is 21.5. The van der Waals surface area contributed by atoms with E-state index in [9.17, 15) is 22.9 Å². The van der Waals surface area contributed by atoms with Crippen molar-refractivity contribution in [2.24, 2.45) is 0 Å². The van der Waals surface area contributed by atoms with E-state index in [1.807, 2.05) is 47.0 Å². The summed E-state index contributed by atoms with van der Waals surface area (Å²) in [7, 11) is -4.09. The van der Waals surface area contributed by atoms with Crippen LogP contribution in [0.4, 0.5) is 11.4 Å². The van der Waals surface area contributed by atoms with Gasteiger partial charge >= 0.3 is 5.63 Å². The summed E-state index contributed by atoms with van der Waals surface area (Å²) >= 11 is 0. The third-order valence-corrected chi connectivity index (χ3v) is 9.62. The summed E-state index contributed by atoms with van der Waals surface area (Å²) < 4.78 is 39.9. The molecule has 45 heavy (non-hydrogen) atoms. The van der Waals surface area contributed by atoms with E-state index < -0.39 is 21.2 Å². The number of fused-ring (bicyclic) bond motifs is 2. The van der Waals surface area contributed by atoms with Gasteiger partial charge in [-0.3, -0.25) is 4.55 Å². The van der Waals surface area contributed by atoms with Gasteiger partial charge in [0.2, 0.25) is 5.69 Å². The van der Waals surface area contributed by atoms with Crippen molar-refractivity contribution in [3.63, 3.8) is 0 Å². The number of rotatable bonds is 17. The van der Waals surface area contributed by atoms with Crippen LogP contribution in [0.2, 0.25) is 0 Å². The molecule has 0 atom stereocenters. The Bertz CT molecular complexity index is 1690. The number of anilines is 1. The van der Waals surface area contributed by atoms with Gasteiger partial charge in [-0.1, -0.05) is 70.6 Å². The first-order valence-electron chi connectivity index (χ1n) is 16.4. The molecule has 2 heterocycles. The molecule has 244 valence electrons. The highest BCUT2D eigenvalue weighted by atomic mass is 32.2. The molecule has 0 saturated heterocycles. The Morgan fingerprint density at radius 1 is 0.911 bits per heavy atom. The molecule has 2 N–H and O–H groups in total. The van der Waals surface area contributed by atoms with Crippen LogP contribution >= 0.6 is 0 Å². The standard InChI is InChI=1S/C36H48N2O6S/c1-5-7-9-13-22-37(23-14-10-8-6-2)27-18-19-28-32(26-27)44-35(40)29(34(28)39)20-21-33-36(3,4)30-16-11-12-17-31(30)38(33)24-15-25-45(41,42)43/h11-12,16-21,26H,5-10,13-15,22-25H2,1-4H3,(H,41,42,43)/p+1. The van der Waals surface area contributed by atoms with E-state index in [4.69, 9.17) is 4.42 Å². The lowest BCUT2D eigenvalue weighted by molar-refractivity contribution is -0.437. The summed E-state index contributed by atoms with van der Waals surface area (Å²) in [5.74, 6) is -0.483. The van der Waals surface area contributed by atoms with Crippen molar-refractivity contribution in [3.05, 3.63) is 70.1 Å². The van der Waals surface area contributed by atoms with E-state index in [0.717, 1.165) is 48.6 Å².